The molecule has 6 nitrogen and oxygen atoms in total. The van der Waals surface area contributed by atoms with Crippen molar-refractivity contribution in [2.45, 2.75) is 232 Å². The summed E-state index contributed by atoms with van der Waals surface area (Å²) in [6.07, 6.45) is 39.4. The molecule has 1 unspecified atom stereocenters. The van der Waals surface area contributed by atoms with E-state index in [4.69, 9.17) is 14.2 Å². The van der Waals surface area contributed by atoms with Crippen molar-refractivity contribution in [3.8, 4) is 0 Å². The normalized spacial score (nSPS) is 12.0. The summed E-state index contributed by atoms with van der Waals surface area (Å²) in [5.41, 5.74) is 0. The van der Waals surface area contributed by atoms with Crippen LogP contribution in [0.4, 0.5) is 0 Å². The predicted octanol–water partition coefficient (Wildman–Crippen LogP) is 13.1. The second-order valence-corrected chi connectivity index (χ2v) is 14.3. The molecule has 0 amide bonds. The molecule has 0 aromatic heterocycles. The Bertz CT molecular complexity index is 763. The number of carbonyl (C=O) groups is 3. The van der Waals surface area contributed by atoms with E-state index in [0.29, 0.717) is 19.3 Å². The third kappa shape index (κ3) is 37.2. The van der Waals surface area contributed by atoms with Crippen LogP contribution in [0.1, 0.15) is 226 Å². The lowest BCUT2D eigenvalue weighted by Crippen LogP contribution is -2.30. The van der Waals surface area contributed by atoms with E-state index in [1.807, 2.05) is 0 Å². The van der Waals surface area contributed by atoms with Gasteiger partial charge in [0.1, 0.15) is 13.2 Å². The van der Waals surface area contributed by atoms with E-state index >= 15 is 0 Å². The molecule has 0 saturated heterocycles. The Morgan fingerprint density at radius 2 is 0.673 bits per heavy atom. The molecule has 6 heteroatoms. The van der Waals surface area contributed by atoms with Gasteiger partial charge in [-0.2, -0.15) is 0 Å². The number of unbranched alkanes of at least 4 members (excludes halogenated alkanes) is 25. The standard InChI is InChI=1S/C43H80O6/c1-4-7-10-13-15-17-19-20-21-22-24-26-28-31-33-36-42(45)48-39-40(49-43(46)37-34-29-12-9-6-3)38-47-41(44)35-32-30-27-25-23-18-16-14-11-8-5-2/h20-21,40H,4-19,22-39H2,1-3H3/b21-20+. The molecule has 0 aromatic carbocycles. The van der Waals surface area contributed by atoms with Crippen LogP contribution in [0.15, 0.2) is 12.2 Å². The molecule has 0 N–H and O–H groups in total. The minimum absolute atomic E-state index is 0.0703. The van der Waals surface area contributed by atoms with Crippen molar-refractivity contribution in [3.05, 3.63) is 12.2 Å². The number of hydrogen-bond acceptors (Lipinski definition) is 6. The maximum absolute atomic E-state index is 12.5. The van der Waals surface area contributed by atoms with E-state index in [2.05, 4.69) is 32.9 Å². The summed E-state index contributed by atoms with van der Waals surface area (Å²) >= 11 is 0. The topological polar surface area (TPSA) is 78.9 Å². The lowest BCUT2D eigenvalue weighted by atomic mass is 10.1. The van der Waals surface area contributed by atoms with Gasteiger partial charge in [0.05, 0.1) is 0 Å². The molecule has 0 fully saturated rings. The van der Waals surface area contributed by atoms with E-state index in [1.54, 1.807) is 0 Å². The number of rotatable bonds is 38. The summed E-state index contributed by atoms with van der Waals surface area (Å²) < 4.78 is 16.5. The highest BCUT2D eigenvalue weighted by Gasteiger charge is 2.19. The van der Waals surface area contributed by atoms with Crippen LogP contribution in [-0.2, 0) is 28.6 Å². The fourth-order valence-corrected chi connectivity index (χ4v) is 6.02. The van der Waals surface area contributed by atoms with Crippen LogP contribution in [0.5, 0.6) is 0 Å². The van der Waals surface area contributed by atoms with Crippen molar-refractivity contribution in [3.63, 3.8) is 0 Å². The highest BCUT2D eigenvalue weighted by Crippen LogP contribution is 2.14. The first-order chi connectivity index (χ1) is 24.0. The molecular weight excluding hydrogens is 612 g/mol. The molecule has 0 aromatic rings. The summed E-state index contributed by atoms with van der Waals surface area (Å²) in [4.78, 5) is 37.3. The number of ether oxygens (including phenoxy) is 3. The van der Waals surface area contributed by atoms with Gasteiger partial charge in [0.15, 0.2) is 6.10 Å². The molecule has 0 bridgehead atoms. The van der Waals surface area contributed by atoms with E-state index < -0.39 is 6.10 Å². The smallest absolute Gasteiger partial charge is 0.306 e. The van der Waals surface area contributed by atoms with Gasteiger partial charge in [-0.3, -0.25) is 14.4 Å². The number of allylic oxidation sites excluding steroid dienone is 2. The van der Waals surface area contributed by atoms with Gasteiger partial charge in [-0.1, -0.05) is 174 Å². The van der Waals surface area contributed by atoms with Crippen LogP contribution in [0.25, 0.3) is 0 Å². The van der Waals surface area contributed by atoms with Crippen molar-refractivity contribution in [1.29, 1.82) is 0 Å². The Hall–Kier alpha value is -1.85. The van der Waals surface area contributed by atoms with Crippen molar-refractivity contribution in [1.82, 2.24) is 0 Å². The molecule has 0 aliphatic heterocycles. The van der Waals surface area contributed by atoms with Crippen LogP contribution in [0.3, 0.4) is 0 Å². The lowest BCUT2D eigenvalue weighted by molar-refractivity contribution is -0.167. The molecule has 49 heavy (non-hydrogen) atoms. The highest BCUT2D eigenvalue weighted by atomic mass is 16.6. The molecular formula is C43H80O6. The molecule has 0 heterocycles. The fourth-order valence-electron chi connectivity index (χ4n) is 6.02. The van der Waals surface area contributed by atoms with Gasteiger partial charge in [0.25, 0.3) is 0 Å². The van der Waals surface area contributed by atoms with Crippen LogP contribution in [0, 0.1) is 0 Å². The Labute approximate surface area is 303 Å². The zero-order valence-corrected chi connectivity index (χ0v) is 32.7. The summed E-state index contributed by atoms with van der Waals surface area (Å²) in [7, 11) is 0. The number of hydrogen-bond donors (Lipinski definition) is 0. The first-order valence-corrected chi connectivity index (χ1v) is 21.2. The van der Waals surface area contributed by atoms with Gasteiger partial charge in [-0.05, 0) is 44.9 Å². The zero-order valence-electron chi connectivity index (χ0n) is 32.7. The molecule has 1 atom stereocenters. The number of carbonyl (C=O) groups excluding carboxylic acids is 3. The van der Waals surface area contributed by atoms with Gasteiger partial charge in [-0.25, -0.2) is 0 Å². The Morgan fingerprint density at radius 1 is 0.388 bits per heavy atom. The molecule has 0 saturated carbocycles. The van der Waals surface area contributed by atoms with Crippen LogP contribution < -0.4 is 0 Å². The zero-order chi connectivity index (χ0) is 35.9. The quantitative estimate of drug-likeness (QED) is 0.0277. The summed E-state index contributed by atoms with van der Waals surface area (Å²) in [6.45, 7) is 6.53. The monoisotopic (exact) mass is 693 g/mol. The SMILES string of the molecule is CCCCCCCC/C=C/CCCCCCCC(=O)OCC(COC(=O)CCCCCCCCCCCCC)OC(=O)CCCCCCC. The Kier molecular flexibility index (Phi) is 37.5. The van der Waals surface area contributed by atoms with Crippen LogP contribution in [0.2, 0.25) is 0 Å². The second-order valence-electron chi connectivity index (χ2n) is 14.3. The second kappa shape index (κ2) is 38.9. The average molecular weight is 693 g/mol. The van der Waals surface area contributed by atoms with Gasteiger partial charge in [0, 0.05) is 19.3 Å². The molecule has 0 rings (SSSR count). The number of esters is 3. The van der Waals surface area contributed by atoms with Crippen LogP contribution in [-0.4, -0.2) is 37.2 Å². The Balaban J connectivity index is 4.19. The third-order valence-electron chi connectivity index (χ3n) is 9.27. The third-order valence-corrected chi connectivity index (χ3v) is 9.27. The van der Waals surface area contributed by atoms with Gasteiger partial charge in [-0.15, -0.1) is 0 Å². The lowest BCUT2D eigenvalue weighted by Gasteiger charge is -2.18. The average Bonchev–Trinajstić information content (AvgIpc) is 3.09. The summed E-state index contributed by atoms with van der Waals surface area (Å²) in [6, 6.07) is 0. The van der Waals surface area contributed by atoms with Crippen molar-refractivity contribution >= 4 is 17.9 Å². The summed E-state index contributed by atoms with van der Waals surface area (Å²) in [5, 5.41) is 0. The molecule has 0 aliphatic rings. The first-order valence-electron chi connectivity index (χ1n) is 21.2. The van der Waals surface area contributed by atoms with E-state index in [9.17, 15) is 14.4 Å². The molecule has 0 aliphatic carbocycles. The highest BCUT2D eigenvalue weighted by molar-refractivity contribution is 5.71. The predicted molar refractivity (Wildman–Crippen MR) is 206 cm³/mol. The maximum Gasteiger partial charge on any atom is 0.306 e. The minimum atomic E-state index is -0.762. The van der Waals surface area contributed by atoms with Crippen molar-refractivity contribution in [2.24, 2.45) is 0 Å². The first kappa shape index (κ1) is 47.1. The van der Waals surface area contributed by atoms with E-state index in [-0.39, 0.29) is 31.1 Å². The van der Waals surface area contributed by atoms with Gasteiger partial charge < -0.3 is 14.2 Å². The molecule has 288 valence electrons. The minimum Gasteiger partial charge on any atom is -0.462 e. The summed E-state index contributed by atoms with van der Waals surface area (Å²) in [5.74, 6) is -0.891. The van der Waals surface area contributed by atoms with E-state index in [0.717, 1.165) is 70.6 Å². The van der Waals surface area contributed by atoms with Crippen LogP contribution >= 0.6 is 0 Å². The van der Waals surface area contributed by atoms with Gasteiger partial charge >= 0.3 is 17.9 Å². The van der Waals surface area contributed by atoms with E-state index in [1.165, 1.54) is 116 Å². The maximum atomic E-state index is 12.5. The fraction of sp³-hybridized carbons (Fsp3) is 0.884. The van der Waals surface area contributed by atoms with Crippen molar-refractivity contribution < 1.29 is 28.6 Å². The molecule has 0 radical (unpaired) electrons. The van der Waals surface area contributed by atoms with Gasteiger partial charge in [0.2, 0.25) is 0 Å². The largest absolute Gasteiger partial charge is 0.462 e. The van der Waals surface area contributed by atoms with Crippen molar-refractivity contribution in [2.75, 3.05) is 13.2 Å². The molecule has 0 spiro atoms. The Morgan fingerprint density at radius 3 is 1.02 bits per heavy atom.